The molecule has 2 nitrogen and oxygen atoms in total. The van der Waals surface area contributed by atoms with Gasteiger partial charge in [0, 0.05) is 17.4 Å². The molecule has 102 valence electrons. The molecule has 4 heteroatoms. The second kappa shape index (κ2) is 5.06. The van der Waals surface area contributed by atoms with Crippen molar-refractivity contribution in [1.82, 2.24) is 0 Å². The van der Waals surface area contributed by atoms with Gasteiger partial charge in [-0.15, -0.1) is 0 Å². The van der Waals surface area contributed by atoms with Gasteiger partial charge >= 0.3 is 0 Å². The molecule has 1 N–H and O–H groups in total. The lowest BCUT2D eigenvalue weighted by Crippen LogP contribution is -2.02. The van der Waals surface area contributed by atoms with Crippen LogP contribution in [0.4, 0.5) is 8.78 Å². The zero-order chi connectivity index (χ0) is 14.1. The van der Waals surface area contributed by atoms with Gasteiger partial charge in [0.25, 0.3) is 0 Å². The van der Waals surface area contributed by atoms with Crippen molar-refractivity contribution in [2.45, 2.75) is 12.5 Å². The van der Waals surface area contributed by atoms with E-state index >= 15 is 0 Å². The zero-order valence-corrected chi connectivity index (χ0v) is 10.5. The van der Waals surface area contributed by atoms with E-state index in [9.17, 15) is 13.9 Å². The monoisotopic (exact) mass is 274 g/mol. The number of halogens is 2. The van der Waals surface area contributed by atoms with Crippen LogP contribution in [-0.2, 0) is 6.42 Å². The minimum Gasteiger partial charge on any atom is -0.464 e. The minimum atomic E-state index is -0.910. The third-order valence-electron chi connectivity index (χ3n) is 3.28. The van der Waals surface area contributed by atoms with E-state index in [4.69, 9.17) is 4.42 Å². The highest BCUT2D eigenvalue weighted by molar-refractivity contribution is 5.81. The summed E-state index contributed by atoms with van der Waals surface area (Å²) in [6.45, 7) is 0. The number of aliphatic hydroxyl groups is 1. The average Bonchev–Trinajstić information content (AvgIpc) is 2.87. The van der Waals surface area contributed by atoms with Crippen LogP contribution in [0.5, 0.6) is 0 Å². The second-order valence-electron chi connectivity index (χ2n) is 4.66. The summed E-state index contributed by atoms with van der Waals surface area (Å²) in [5.74, 6) is -1.80. The fourth-order valence-corrected chi connectivity index (χ4v) is 2.26. The normalized spacial score (nSPS) is 12.8. The van der Waals surface area contributed by atoms with E-state index in [-0.39, 0.29) is 6.42 Å². The van der Waals surface area contributed by atoms with Gasteiger partial charge in [-0.1, -0.05) is 24.3 Å². The van der Waals surface area contributed by atoms with Crippen LogP contribution in [0, 0.1) is 11.6 Å². The minimum absolute atomic E-state index is 0.195. The highest BCUT2D eigenvalue weighted by atomic mass is 19.2. The SMILES string of the molecule is OC(Cc1ccc(F)c(F)c1)c1coc2ccccc12. The molecule has 3 aromatic rings. The van der Waals surface area contributed by atoms with E-state index < -0.39 is 17.7 Å². The van der Waals surface area contributed by atoms with E-state index in [1.54, 1.807) is 0 Å². The molecular weight excluding hydrogens is 262 g/mol. The number of fused-ring (bicyclic) bond motifs is 1. The van der Waals surface area contributed by atoms with Gasteiger partial charge < -0.3 is 9.52 Å². The topological polar surface area (TPSA) is 33.4 Å². The van der Waals surface area contributed by atoms with Crippen molar-refractivity contribution >= 4 is 11.0 Å². The van der Waals surface area contributed by atoms with Crippen LogP contribution >= 0.6 is 0 Å². The Hall–Kier alpha value is -2.20. The number of hydrogen-bond donors (Lipinski definition) is 1. The van der Waals surface area contributed by atoms with Gasteiger partial charge in [-0.3, -0.25) is 0 Å². The summed E-state index contributed by atoms with van der Waals surface area (Å²) in [6, 6.07) is 11.0. The van der Waals surface area contributed by atoms with Crippen LogP contribution in [0.2, 0.25) is 0 Å². The van der Waals surface area contributed by atoms with E-state index in [0.29, 0.717) is 16.7 Å². The number of furan rings is 1. The Morgan fingerprint density at radius 3 is 2.65 bits per heavy atom. The number of benzene rings is 2. The van der Waals surface area contributed by atoms with Gasteiger partial charge in [-0.25, -0.2) is 8.78 Å². The van der Waals surface area contributed by atoms with Crippen LogP contribution in [0.15, 0.2) is 53.1 Å². The van der Waals surface area contributed by atoms with Gasteiger partial charge in [-0.05, 0) is 23.8 Å². The predicted octanol–water partition coefficient (Wildman–Crippen LogP) is 3.99. The Kier molecular flexibility index (Phi) is 3.24. The zero-order valence-electron chi connectivity index (χ0n) is 10.5. The van der Waals surface area contributed by atoms with E-state index in [0.717, 1.165) is 17.5 Å². The maximum absolute atomic E-state index is 13.1. The van der Waals surface area contributed by atoms with Crippen LogP contribution in [0.3, 0.4) is 0 Å². The quantitative estimate of drug-likeness (QED) is 0.783. The van der Waals surface area contributed by atoms with Crippen molar-refractivity contribution in [3.05, 3.63) is 71.5 Å². The maximum Gasteiger partial charge on any atom is 0.159 e. The first kappa shape index (κ1) is 12.8. The van der Waals surface area contributed by atoms with Gasteiger partial charge in [0.1, 0.15) is 5.58 Å². The van der Waals surface area contributed by atoms with Gasteiger partial charge in [0.15, 0.2) is 11.6 Å². The Labute approximate surface area is 114 Å². The highest BCUT2D eigenvalue weighted by Gasteiger charge is 2.15. The summed E-state index contributed by atoms with van der Waals surface area (Å²) in [6.07, 6.45) is 0.860. The molecule has 1 aromatic heterocycles. The Morgan fingerprint density at radius 1 is 1.05 bits per heavy atom. The van der Waals surface area contributed by atoms with Crippen molar-refractivity contribution in [3.8, 4) is 0 Å². The Bertz CT molecular complexity index is 749. The molecule has 1 atom stereocenters. The predicted molar refractivity (Wildman–Crippen MR) is 71.2 cm³/mol. The molecule has 0 bridgehead atoms. The van der Waals surface area contributed by atoms with Crippen LogP contribution < -0.4 is 0 Å². The average molecular weight is 274 g/mol. The van der Waals surface area contributed by atoms with Gasteiger partial charge in [-0.2, -0.15) is 0 Å². The van der Waals surface area contributed by atoms with Gasteiger partial charge in [0.2, 0.25) is 0 Å². The molecule has 0 spiro atoms. The molecule has 3 rings (SSSR count). The molecule has 0 saturated heterocycles. The largest absolute Gasteiger partial charge is 0.464 e. The molecule has 2 aromatic carbocycles. The Balaban J connectivity index is 1.89. The third kappa shape index (κ3) is 2.30. The molecular formula is C16H12F2O2. The van der Waals surface area contributed by atoms with E-state index in [1.807, 2.05) is 24.3 Å². The summed E-state index contributed by atoms with van der Waals surface area (Å²) < 4.78 is 31.4. The lowest BCUT2D eigenvalue weighted by molar-refractivity contribution is 0.178. The third-order valence-corrected chi connectivity index (χ3v) is 3.28. The van der Waals surface area contributed by atoms with Crippen LogP contribution in [0.25, 0.3) is 11.0 Å². The molecule has 1 unspecified atom stereocenters. The summed E-state index contributed by atoms with van der Waals surface area (Å²) in [7, 11) is 0. The van der Waals surface area contributed by atoms with Crippen molar-refractivity contribution < 1.29 is 18.3 Å². The van der Waals surface area contributed by atoms with Crippen LogP contribution in [0.1, 0.15) is 17.2 Å². The first-order valence-electron chi connectivity index (χ1n) is 6.23. The number of para-hydroxylation sites is 1. The molecule has 0 aliphatic heterocycles. The van der Waals surface area contributed by atoms with E-state index in [2.05, 4.69) is 0 Å². The lowest BCUT2D eigenvalue weighted by atomic mass is 10.0. The second-order valence-corrected chi connectivity index (χ2v) is 4.66. The summed E-state index contributed by atoms with van der Waals surface area (Å²) in [4.78, 5) is 0. The molecule has 0 radical (unpaired) electrons. The fraction of sp³-hybridized carbons (Fsp3) is 0.125. The summed E-state index contributed by atoms with van der Waals surface area (Å²) in [5, 5.41) is 11.1. The fourth-order valence-electron chi connectivity index (χ4n) is 2.26. The molecule has 0 amide bonds. The molecule has 0 saturated carbocycles. The number of hydrogen-bond acceptors (Lipinski definition) is 2. The van der Waals surface area contributed by atoms with Crippen LogP contribution in [-0.4, -0.2) is 5.11 Å². The maximum atomic E-state index is 13.1. The van der Waals surface area contributed by atoms with Gasteiger partial charge in [0.05, 0.1) is 12.4 Å². The lowest BCUT2D eigenvalue weighted by Gasteiger charge is -2.09. The highest BCUT2D eigenvalue weighted by Crippen LogP contribution is 2.28. The van der Waals surface area contributed by atoms with Crippen molar-refractivity contribution in [1.29, 1.82) is 0 Å². The molecule has 1 heterocycles. The summed E-state index contributed by atoms with van der Waals surface area (Å²) in [5.41, 5.74) is 1.86. The van der Waals surface area contributed by atoms with E-state index in [1.165, 1.54) is 12.3 Å². The first-order chi connectivity index (χ1) is 9.65. The van der Waals surface area contributed by atoms with Crippen molar-refractivity contribution in [2.75, 3.05) is 0 Å². The molecule has 0 fully saturated rings. The first-order valence-corrected chi connectivity index (χ1v) is 6.23. The Morgan fingerprint density at radius 2 is 1.85 bits per heavy atom. The van der Waals surface area contributed by atoms with Crippen molar-refractivity contribution in [2.24, 2.45) is 0 Å². The number of rotatable bonds is 3. The standard InChI is InChI=1S/C16H12F2O2/c17-13-6-5-10(7-14(13)18)8-15(19)12-9-20-16-4-2-1-3-11(12)16/h1-7,9,15,19H,8H2. The molecule has 0 aliphatic rings. The number of aliphatic hydroxyl groups excluding tert-OH is 1. The molecule has 20 heavy (non-hydrogen) atoms. The summed E-state index contributed by atoms with van der Waals surface area (Å²) >= 11 is 0. The molecule has 0 aliphatic carbocycles. The smallest absolute Gasteiger partial charge is 0.159 e. The van der Waals surface area contributed by atoms with Crippen molar-refractivity contribution in [3.63, 3.8) is 0 Å².